The molecule has 5 nitrogen and oxygen atoms in total. The minimum Gasteiger partial charge on any atom is -0.342 e. The van der Waals surface area contributed by atoms with Gasteiger partial charge in [0.25, 0.3) is 0 Å². The van der Waals surface area contributed by atoms with E-state index in [4.69, 9.17) is 0 Å². The van der Waals surface area contributed by atoms with Gasteiger partial charge in [0.2, 0.25) is 5.91 Å². The minimum atomic E-state index is -0.0306. The van der Waals surface area contributed by atoms with Crippen molar-refractivity contribution in [2.24, 2.45) is 11.8 Å². The Labute approximate surface area is 134 Å². The van der Waals surface area contributed by atoms with Crippen LogP contribution in [0.3, 0.4) is 0 Å². The molecule has 0 radical (unpaired) electrons. The molecule has 0 spiro atoms. The van der Waals surface area contributed by atoms with Gasteiger partial charge in [-0.3, -0.25) is 4.79 Å². The summed E-state index contributed by atoms with van der Waals surface area (Å²) in [5.74, 6) is 0.966. The molecular formula is C17H31N3O2. The second-order valence-electron chi connectivity index (χ2n) is 7.25. The van der Waals surface area contributed by atoms with E-state index in [0.29, 0.717) is 6.54 Å². The summed E-state index contributed by atoms with van der Waals surface area (Å²) in [7, 11) is 0. The summed E-state index contributed by atoms with van der Waals surface area (Å²) in [6, 6.07) is 0.104. The number of hydrogen-bond acceptors (Lipinski definition) is 2. The normalized spacial score (nSPS) is 26.7. The number of likely N-dealkylation sites (tertiary alicyclic amines) is 2. The molecule has 5 heteroatoms. The van der Waals surface area contributed by atoms with Crippen molar-refractivity contribution in [2.75, 3.05) is 26.2 Å². The molecule has 0 bridgehead atoms. The van der Waals surface area contributed by atoms with Crippen LogP contribution in [0.1, 0.15) is 52.9 Å². The Balaban J connectivity index is 1.90. The topological polar surface area (TPSA) is 52.7 Å². The second kappa shape index (κ2) is 7.84. The van der Waals surface area contributed by atoms with Crippen LogP contribution >= 0.6 is 0 Å². The van der Waals surface area contributed by atoms with Crippen LogP contribution in [-0.4, -0.2) is 54.0 Å². The van der Waals surface area contributed by atoms with Crippen molar-refractivity contribution in [2.45, 2.75) is 58.9 Å². The predicted octanol–water partition coefficient (Wildman–Crippen LogP) is 2.47. The second-order valence-corrected chi connectivity index (χ2v) is 7.25. The van der Waals surface area contributed by atoms with Gasteiger partial charge in [0, 0.05) is 32.2 Å². The highest BCUT2D eigenvalue weighted by Crippen LogP contribution is 2.22. The van der Waals surface area contributed by atoms with E-state index in [0.717, 1.165) is 51.2 Å². The highest BCUT2D eigenvalue weighted by molar-refractivity contribution is 5.81. The number of amides is 3. The van der Waals surface area contributed by atoms with Crippen molar-refractivity contribution in [3.8, 4) is 0 Å². The molecule has 2 atom stereocenters. The van der Waals surface area contributed by atoms with Crippen LogP contribution in [0, 0.1) is 11.8 Å². The number of hydrogen-bond donors (Lipinski definition) is 1. The van der Waals surface area contributed by atoms with Gasteiger partial charge in [-0.1, -0.05) is 6.92 Å². The molecule has 22 heavy (non-hydrogen) atoms. The van der Waals surface area contributed by atoms with Gasteiger partial charge in [-0.25, -0.2) is 4.79 Å². The molecule has 0 saturated carbocycles. The summed E-state index contributed by atoms with van der Waals surface area (Å²) in [6.45, 7) is 9.30. The number of nitrogens with zero attached hydrogens (tertiary/aromatic N) is 2. The summed E-state index contributed by atoms with van der Waals surface area (Å²) in [5.41, 5.74) is 0. The highest BCUT2D eigenvalue weighted by Gasteiger charge is 2.31. The van der Waals surface area contributed by atoms with Crippen LogP contribution in [0.4, 0.5) is 4.79 Å². The lowest BCUT2D eigenvalue weighted by molar-refractivity contribution is -0.136. The smallest absolute Gasteiger partial charge is 0.317 e. The number of piperidine rings is 1. The van der Waals surface area contributed by atoms with E-state index in [2.05, 4.69) is 12.2 Å². The quantitative estimate of drug-likeness (QED) is 0.852. The first-order chi connectivity index (χ1) is 10.5. The van der Waals surface area contributed by atoms with Gasteiger partial charge in [-0.2, -0.15) is 0 Å². The lowest BCUT2D eigenvalue weighted by Gasteiger charge is -2.35. The molecule has 2 fully saturated rings. The fourth-order valence-corrected chi connectivity index (χ4v) is 3.44. The van der Waals surface area contributed by atoms with Gasteiger partial charge < -0.3 is 15.1 Å². The Morgan fingerprint density at radius 3 is 2.41 bits per heavy atom. The van der Waals surface area contributed by atoms with Crippen molar-refractivity contribution in [1.29, 1.82) is 0 Å². The van der Waals surface area contributed by atoms with E-state index in [1.807, 2.05) is 23.6 Å². The van der Waals surface area contributed by atoms with Gasteiger partial charge in [0.15, 0.2) is 0 Å². The Hall–Kier alpha value is -1.26. The molecule has 126 valence electrons. The zero-order valence-corrected chi connectivity index (χ0v) is 14.3. The molecule has 2 saturated heterocycles. The summed E-state index contributed by atoms with van der Waals surface area (Å²) in [5, 5.41) is 2.93. The van der Waals surface area contributed by atoms with Crippen molar-refractivity contribution < 1.29 is 9.59 Å². The number of nitrogens with one attached hydrogen (secondary N) is 1. The molecule has 2 heterocycles. The highest BCUT2D eigenvalue weighted by atomic mass is 16.2. The number of carbonyl (C=O) groups is 2. The molecular weight excluding hydrogens is 278 g/mol. The zero-order chi connectivity index (χ0) is 16.1. The maximum absolute atomic E-state index is 12.8. The largest absolute Gasteiger partial charge is 0.342 e. The first kappa shape index (κ1) is 17.1. The third-order valence-electron chi connectivity index (χ3n) is 4.80. The van der Waals surface area contributed by atoms with E-state index in [1.54, 1.807) is 0 Å². The number of urea groups is 1. The average Bonchev–Trinajstić information content (AvgIpc) is 2.70. The first-order valence-corrected chi connectivity index (χ1v) is 8.81. The Morgan fingerprint density at radius 1 is 1.00 bits per heavy atom. The van der Waals surface area contributed by atoms with E-state index < -0.39 is 0 Å². The third-order valence-corrected chi connectivity index (χ3v) is 4.80. The lowest BCUT2D eigenvalue weighted by Crippen LogP contribution is -2.50. The molecule has 0 aromatic rings. The van der Waals surface area contributed by atoms with Crippen LogP contribution in [0.2, 0.25) is 0 Å². The summed E-state index contributed by atoms with van der Waals surface area (Å²) < 4.78 is 0. The number of carbonyl (C=O) groups excluding carboxylic acids is 2. The fourth-order valence-electron chi connectivity index (χ4n) is 3.44. The third kappa shape index (κ3) is 4.62. The van der Waals surface area contributed by atoms with Crippen molar-refractivity contribution in [1.82, 2.24) is 15.1 Å². The lowest BCUT2D eigenvalue weighted by atomic mass is 9.96. The van der Waals surface area contributed by atoms with Crippen LogP contribution in [0.15, 0.2) is 0 Å². The van der Waals surface area contributed by atoms with Crippen LogP contribution in [0.25, 0.3) is 0 Å². The van der Waals surface area contributed by atoms with E-state index in [9.17, 15) is 9.59 Å². The molecule has 3 amide bonds. The SMILES string of the molecule is CC1CCCN(C(=O)C2CCCN(C(=O)NC(C)C)C2)CC1. The standard InChI is InChI=1S/C17H31N3O2/c1-13(2)18-17(22)20-10-5-7-15(12-20)16(21)19-9-4-6-14(3)8-11-19/h13-15H,4-12H2,1-3H3,(H,18,22). The van der Waals surface area contributed by atoms with Gasteiger partial charge in [0.05, 0.1) is 5.92 Å². The first-order valence-electron chi connectivity index (χ1n) is 8.81. The summed E-state index contributed by atoms with van der Waals surface area (Å²) >= 11 is 0. The van der Waals surface area contributed by atoms with Crippen LogP contribution < -0.4 is 5.32 Å². The molecule has 2 aliphatic rings. The van der Waals surface area contributed by atoms with Gasteiger partial charge in [-0.05, 0) is 51.9 Å². The molecule has 0 aromatic heterocycles. The van der Waals surface area contributed by atoms with Crippen LogP contribution in [-0.2, 0) is 4.79 Å². The maximum atomic E-state index is 12.8. The summed E-state index contributed by atoms with van der Waals surface area (Å²) in [6.07, 6.45) is 5.27. The zero-order valence-electron chi connectivity index (χ0n) is 14.3. The number of rotatable bonds is 2. The summed E-state index contributed by atoms with van der Waals surface area (Å²) in [4.78, 5) is 28.8. The molecule has 2 rings (SSSR count). The fraction of sp³-hybridized carbons (Fsp3) is 0.882. The van der Waals surface area contributed by atoms with Crippen molar-refractivity contribution >= 4 is 11.9 Å². The van der Waals surface area contributed by atoms with Crippen molar-refractivity contribution in [3.05, 3.63) is 0 Å². The van der Waals surface area contributed by atoms with E-state index >= 15 is 0 Å². The van der Waals surface area contributed by atoms with Crippen LogP contribution in [0.5, 0.6) is 0 Å². The maximum Gasteiger partial charge on any atom is 0.317 e. The monoisotopic (exact) mass is 309 g/mol. The van der Waals surface area contributed by atoms with Gasteiger partial charge in [0.1, 0.15) is 0 Å². The molecule has 1 N–H and O–H groups in total. The Bertz CT molecular complexity index is 397. The minimum absolute atomic E-state index is 0.0138. The Kier molecular flexibility index (Phi) is 6.09. The van der Waals surface area contributed by atoms with E-state index in [-0.39, 0.29) is 23.9 Å². The van der Waals surface area contributed by atoms with Gasteiger partial charge >= 0.3 is 6.03 Å². The molecule has 0 aliphatic carbocycles. The van der Waals surface area contributed by atoms with E-state index in [1.165, 1.54) is 6.42 Å². The Morgan fingerprint density at radius 2 is 1.68 bits per heavy atom. The predicted molar refractivity (Wildman–Crippen MR) is 87.6 cm³/mol. The molecule has 2 aliphatic heterocycles. The molecule has 0 aromatic carbocycles. The average molecular weight is 309 g/mol. The van der Waals surface area contributed by atoms with Gasteiger partial charge in [-0.15, -0.1) is 0 Å². The van der Waals surface area contributed by atoms with Crippen molar-refractivity contribution in [3.63, 3.8) is 0 Å². The molecule has 2 unspecified atom stereocenters.